The zero-order chi connectivity index (χ0) is 15.4. The number of piperazine rings is 1. The van der Waals surface area contributed by atoms with Gasteiger partial charge in [0.05, 0.1) is 10.7 Å². The molecular weight excluding hydrogens is 369 g/mol. The summed E-state index contributed by atoms with van der Waals surface area (Å²) < 4.78 is 0. The van der Waals surface area contributed by atoms with Crippen LogP contribution in [0.15, 0.2) is 24.3 Å². The molecule has 1 N–H and O–H groups in total. The molecule has 2 aliphatic heterocycles. The van der Waals surface area contributed by atoms with Crippen LogP contribution in [-0.2, 0) is 4.79 Å². The monoisotopic (exact) mass is 393 g/mol. The van der Waals surface area contributed by atoms with E-state index in [2.05, 4.69) is 16.3 Å². The Labute approximate surface area is 161 Å². The van der Waals surface area contributed by atoms with Gasteiger partial charge in [-0.3, -0.25) is 4.79 Å². The van der Waals surface area contributed by atoms with Gasteiger partial charge in [-0.2, -0.15) is 0 Å². The van der Waals surface area contributed by atoms with Gasteiger partial charge in [-0.1, -0.05) is 23.7 Å². The van der Waals surface area contributed by atoms with Gasteiger partial charge in [-0.15, -0.1) is 24.8 Å². The minimum absolute atomic E-state index is 0. The van der Waals surface area contributed by atoms with Gasteiger partial charge >= 0.3 is 0 Å². The molecular formula is C17H26Cl3N3O. The van der Waals surface area contributed by atoms with Crippen LogP contribution in [0.25, 0.3) is 0 Å². The van der Waals surface area contributed by atoms with Crippen LogP contribution in [0.3, 0.4) is 0 Å². The maximum absolute atomic E-state index is 12.4. The second-order valence-electron chi connectivity index (χ2n) is 6.22. The van der Waals surface area contributed by atoms with Crippen molar-refractivity contribution >= 4 is 48.0 Å². The Morgan fingerprint density at radius 1 is 1.08 bits per heavy atom. The number of para-hydroxylation sites is 1. The lowest BCUT2D eigenvalue weighted by atomic mass is 9.94. The summed E-state index contributed by atoms with van der Waals surface area (Å²) in [5.41, 5.74) is 1.08. The molecule has 24 heavy (non-hydrogen) atoms. The normalized spacial score (nSPS) is 18.5. The van der Waals surface area contributed by atoms with E-state index in [1.54, 1.807) is 0 Å². The molecule has 0 atom stereocenters. The van der Waals surface area contributed by atoms with Crippen LogP contribution in [0.1, 0.15) is 19.3 Å². The van der Waals surface area contributed by atoms with E-state index in [0.29, 0.717) is 18.2 Å². The molecule has 2 aliphatic rings. The van der Waals surface area contributed by atoms with Crippen LogP contribution < -0.4 is 10.2 Å². The second-order valence-corrected chi connectivity index (χ2v) is 6.62. The van der Waals surface area contributed by atoms with Gasteiger partial charge in [0.1, 0.15) is 0 Å². The van der Waals surface area contributed by atoms with E-state index in [1.807, 2.05) is 23.1 Å². The SMILES string of the molecule is Cl.Cl.O=C(CC1CCNCC1)N1CCN(c2ccccc2Cl)CC1. The number of piperidine rings is 1. The van der Waals surface area contributed by atoms with Gasteiger partial charge in [-0.25, -0.2) is 0 Å². The highest BCUT2D eigenvalue weighted by Crippen LogP contribution is 2.26. The molecule has 1 amide bonds. The number of rotatable bonds is 3. The number of amides is 1. The fourth-order valence-corrected chi connectivity index (χ4v) is 3.62. The zero-order valence-electron chi connectivity index (χ0n) is 13.7. The van der Waals surface area contributed by atoms with E-state index in [1.165, 1.54) is 0 Å². The van der Waals surface area contributed by atoms with E-state index in [-0.39, 0.29) is 24.8 Å². The van der Waals surface area contributed by atoms with Gasteiger partial charge < -0.3 is 15.1 Å². The van der Waals surface area contributed by atoms with Gasteiger partial charge in [0, 0.05) is 32.6 Å². The van der Waals surface area contributed by atoms with Crippen LogP contribution >= 0.6 is 36.4 Å². The van der Waals surface area contributed by atoms with Crippen LogP contribution in [0.5, 0.6) is 0 Å². The molecule has 0 bridgehead atoms. The maximum atomic E-state index is 12.4. The Balaban J connectivity index is 0.00000144. The van der Waals surface area contributed by atoms with E-state index in [0.717, 1.165) is 62.8 Å². The Morgan fingerprint density at radius 2 is 1.71 bits per heavy atom. The molecule has 0 spiro atoms. The number of benzene rings is 1. The third kappa shape index (κ3) is 5.41. The van der Waals surface area contributed by atoms with Crippen molar-refractivity contribution in [3.8, 4) is 0 Å². The molecule has 0 radical (unpaired) electrons. The molecule has 1 aromatic carbocycles. The summed E-state index contributed by atoms with van der Waals surface area (Å²) in [5.74, 6) is 0.890. The van der Waals surface area contributed by atoms with E-state index < -0.39 is 0 Å². The number of anilines is 1. The summed E-state index contributed by atoms with van der Waals surface area (Å²) in [4.78, 5) is 16.7. The minimum atomic E-state index is 0. The van der Waals surface area contributed by atoms with E-state index in [4.69, 9.17) is 11.6 Å². The topological polar surface area (TPSA) is 35.6 Å². The van der Waals surface area contributed by atoms with Crippen molar-refractivity contribution in [2.24, 2.45) is 5.92 Å². The Morgan fingerprint density at radius 3 is 2.33 bits per heavy atom. The molecule has 0 aromatic heterocycles. The molecule has 0 aliphatic carbocycles. The predicted molar refractivity (Wildman–Crippen MR) is 105 cm³/mol. The quantitative estimate of drug-likeness (QED) is 0.855. The molecule has 3 rings (SSSR count). The summed E-state index contributed by atoms with van der Waals surface area (Å²) in [7, 11) is 0. The summed E-state index contributed by atoms with van der Waals surface area (Å²) in [6.07, 6.45) is 2.98. The lowest BCUT2D eigenvalue weighted by Crippen LogP contribution is -2.49. The molecule has 2 heterocycles. The number of hydrogen-bond donors (Lipinski definition) is 1. The fraction of sp³-hybridized carbons (Fsp3) is 0.588. The van der Waals surface area contributed by atoms with E-state index >= 15 is 0 Å². The first-order chi connectivity index (χ1) is 10.7. The molecule has 7 heteroatoms. The highest BCUT2D eigenvalue weighted by molar-refractivity contribution is 6.33. The number of nitrogens with one attached hydrogen (secondary N) is 1. The number of nitrogens with zero attached hydrogens (tertiary/aromatic N) is 2. The molecule has 2 saturated heterocycles. The lowest BCUT2D eigenvalue weighted by Gasteiger charge is -2.37. The summed E-state index contributed by atoms with van der Waals surface area (Å²) in [6.45, 7) is 5.43. The van der Waals surface area contributed by atoms with Crippen molar-refractivity contribution < 1.29 is 4.79 Å². The Bertz CT molecular complexity index is 516. The largest absolute Gasteiger partial charge is 0.367 e. The summed E-state index contributed by atoms with van der Waals surface area (Å²) >= 11 is 6.26. The van der Waals surface area contributed by atoms with Crippen LogP contribution in [0.4, 0.5) is 5.69 Å². The van der Waals surface area contributed by atoms with Gasteiger partial charge in [0.25, 0.3) is 0 Å². The van der Waals surface area contributed by atoms with Crippen molar-refractivity contribution in [3.63, 3.8) is 0 Å². The van der Waals surface area contributed by atoms with Crippen molar-refractivity contribution in [2.75, 3.05) is 44.2 Å². The third-order valence-electron chi connectivity index (χ3n) is 4.75. The Hall–Kier alpha value is -0.680. The molecule has 0 unspecified atom stereocenters. The summed E-state index contributed by atoms with van der Waals surface area (Å²) in [6, 6.07) is 7.93. The van der Waals surface area contributed by atoms with Gasteiger partial charge in [-0.05, 0) is 44.0 Å². The average molecular weight is 395 g/mol. The summed E-state index contributed by atoms with van der Waals surface area (Å²) in [5, 5.41) is 4.14. The Kier molecular flexibility index (Phi) is 9.21. The van der Waals surface area contributed by atoms with Crippen molar-refractivity contribution in [3.05, 3.63) is 29.3 Å². The number of halogens is 3. The van der Waals surface area contributed by atoms with Crippen LogP contribution in [-0.4, -0.2) is 50.1 Å². The third-order valence-corrected chi connectivity index (χ3v) is 5.07. The standard InChI is InChI=1S/C17H24ClN3O.2ClH/c18-15-3-1-2-4-16(15)20-9-11-21(12-10-20)17(22)13-14-5-7-19-8-6-14;;/h1-4,14,19H,5-13H2;2*1H. The first kappa shape index (κ1) is 21.4. The zero-order valence-corrected chi connectivity index (χ0v) is 16.1. The van der Waals surface area contributed by atoms with E-state index in [9.17, 15) is 4.79 Å². The number of carbonyl (C=O) groups excluding carboxylic acids is 1. The van der Waals surface area contributed by atoms with Gasteiger partial charge in [0.2, 0.25) is 5.91 Å². The molecule has 1 aromatic rings. The first-order valence-electron chi connectivity index (χ1n) is 8.22. The highest BCUT2D eigenvalue weighted by Gasteiger charge is 2.25. The first-order valence-corrected chi connectivity index (χ1v) is 8.60. The van der Waals surface area contributed by atoms with Crippen molar-refractivity contribution in [1.82, 2.24) is 10.2 Å². The second kappa shape index (κ2) is 10.3. The smallest absolute Gasteiger partial charge is 0.222 e. The van der Waals surface area contributed by atoms with Crippen molar-refractivity contribution in [1.29, 1.82) is 0 Å². The minimum Gasteiger partial charge on any atom is -0.367 e. The average Bonchev–Trinajstić information content (AvgIpc) is 2.56. The molecule has 2 fully saturated rings. The molecule has 136 valence electrons. The maximum Gasteiger partial charge on any atom is 0.222 e. The predicted octanol–water partition coefficient (Wildman–Crippen LogP) is 3.22. The van der Waals surface area contributed by atoms with Crippen LogP contribution in [0, 0.1) is 5.92 Å². The van der Waals surface area contributed by atoms with Crippen LogP contribution in [0.2, 0.25) is 5.02 Å². The fourth-order valence-electron chi connectivity index (χ4n) is 3.37. The number of hydrogen-bond acceptors (Lipinski definition) is 3. The lowest BCUT2D eigenvalue weighted by molar-refractivity contribution is -0.132. The van der Waals surface area contributed by atoms with Gasteiger partial charge in [0.15, 0.2) is 0 Å². The molecule has 0 saturated carbocycles. The number of carbonyl (C=O) groups is 1. The molecule has 4 nitrogen and oxygen atoms in total. The highest BCUT2D eigenvalue weighted by atomic mass is 35.5. The van der Waals surface area contributed by atoms with Crippen molar-refractivity contribution in [2.45, 2.75) is 19.3 Å².